The Morgan fingerprint density at radius 2 is 2.07 bits per heavy atom. The first-order valence-electron chi connectivity index (χ1n) is 9.45. The molecular formula is C19H26N4O3S2. The van der Waals surface area contributed by atoms with E-state index in [-0.39, 0.29) is 28.6 Å². The van der Waals surface area contributed by atoms with Gasteiger partial charge in [-0.2, -0.15) is 0 Å². The Balaban J connectivity index is 1.58. The Bertz CT molecular complexity index is 913. The fraction of sp³-hybridized carbons (Fsp3) is 0.526. The van der Waals surface area contributed by atoms with Crippen LogP contribution in [0.3, 0.4) is 0 Å². The SMILES string of the molecule is CCC(Sc1nnc(CC2CCS(=O)(=O)C2)n1C)C(=O)NCc1ccccc1. The average Bonchev–Trinajstić information content (AvgIpc) is 3.20. The van der Waals surface area contributed by atoms with Gasteiger partial charge in [0.15, 0.2) is 15.0 Å². The van der Waals surface area contributed by atoms with E-state index >= 15 is 0 Å². The van der Waals surface area contributed by atoms with Crippen LogP contribution in [0, 0.1) is 5.92 Å². The molecule has 152 valence electrons. The van der Waals surface area contributed by atoms with Gasteiger partial charge in [-0.1, -0.05) is 49.0 Å². The highest BCUT2D eigenvalue weighted by Gasteiger charge is 2.29. The Morgan fingerprint density at radius 3 is 2.71 bits per heavy atom. The Hall–Kier alpha value is -1.87. The van der Waals surface area contributed by atoms with Crippen LogP contribution >= 0.6 is 11.8 Å². The van der Waals surface area contributed by atoms with Crippen molar-refractivity contribution in [2.75, 3.05) is 11.5 Å². The average molecular weight is 423 g/mol. The first-order chi connectivity index (χ1) is 13.4. The number of benzene rings is 1. The number of amides is 1. The van der Waals surface area contributed by atoms with Crippen molar-refractivity contribution in [1.82, 2.24) is 20.1 Å². The molecule has 1 aliphatic heterocycles. The molecule has 9 heteroatoms. The van der Waals surface area contributed by atoms with Gasteiger partial charge in [-0.05, 0) is 24.3 Å². The third-order valence-electron chi connectivity index (χ3n) is 4.94. The van der Waals surface area contributed by atoms with Crippen molar-refractivity contribution in [2.45, 2.75) is 43.1 Å². The zero-order chi connectivity index (χ0) is 20.1. The van der Waals surface area contributed by atoms with Crippen LogP contribution in [0.25, 0.3) is 0 Å². The second-order valence-corrected chi connectivity index (χ2v) is 10.5. The molecule has 1 fully saturated rings. The van der Waals surface area contributed by atoms with E-state index in [4.69, 9.17) is 0 Å². The number of thioether (sulfide) groups is 1. The largest absolute Gasteiger partial charge is 0.351 e. The Labute approximate surface area is 170 Å². The zero-order valence-electron chi connectivity index (χ0n) is 16.2. The van der Waals surface area contributed by atoms with Crippen LogP contribution in [0.15, 0.2) is 35.5 Å². The van der Waals surface area contributed by atoms with Gasteiger partial charge in [0.25, 0.3) is 0 Å². The van der Waals surface area contributed by atoms with Gasteiger partial charge in [0.1, 0.15) is 5.82 Å². The van der Waals surface area contributed by atoms with E-state index in [0.29, 0.717) is 31.0 Å². The zero-order valence-corrected chi connectivity index (χ0v) is 17.8. The summed E-state index contributed by atoms with van der Waals surface area (Å²) in [5, 5.41) is 11.9. The highest BCUT2D eigenvalue weighted by atomic mass is 32.2. The molecule has 2 aromatic rings. The highest BCUT2D eigenvalue weighted by Crippen LogP contribution is 2.26. The molecule has 7 nitrogen and oxygen atoms in total. The predicted molar refractivity (Wildman–Crippen MR) is 110 cm³/mol. The van der Waals surface area contributed by atoms with Crippen LogP contribution < -0.4 is 5.32 Å². The van der Waals surface area contributed by atoms with Crippen molar-refractivity contribution in [1.29, 1.82) is 0 Å². The molecule has 2 heterocycles. The smallest absolute Gasteiger partial charge is 0.233 e. The van der Waals surface area contributed by atoms with Crippen LogP contribution in [0.2, 0.25) is 0 Å². The minimum Gasteiger partial charge on any atom is -0.351 e. The van der Waals surface area contributed by atoms with E-state index in [9.17, 15) is 13.2 Å². The lowest BCUT2D eigenvalue weighted by Gasteiger charge is -2.14. The number of carbonyl (C=O) groups is 1. The first-order valence-corrected chi connectivity index (χ1v) is 12.1. The number of rotatable bonds is 8. The molecule has 1 saturated heterocycles. The van der Waals surface area contributed by atoms with Crippen molar-refractivity contribution < 1.29 is 13.2 Å². The molecule has 3 rings (SSSR count). The number of nitrogens with zero attached hydrogens (tertiary/aromatic N) is 3. The van der Waals surface area contributed by atoms with Gasteiger partial charge in [-0.3, -0.25) is 4.79 Å². The van der Waals surface area contributed by atoms with Crippen molar-refractivity contribution in [3.8, 4) is 0 Å². The van der Waals surface area contributed by atoms with E-state index in [0.717, 1.165) is 11.4 Å². The van der Waals surface area contributed by atoms with Gasteiger partial charge >= 0.3 is 0 Å². The standard InChI is InChI=1S/C19H26N4O3S2/c1-3-16(18(24)20-12-14-7-5-4-6-8-14)27-19-22-21-17(23(19)2)11-15-9-10-28(25,26)13-15/h4-8,15-16H,3,9-13H2,1-2H3,(H,20,24). The summed E-state index contributed by atoms with van der Waals surface area (Å²) in [6.45, 7) is 2.47. The molecule has 0 spiro atoms. The number of hydrogen-bond donors (Lipinski definition) is 1. The van der Waals surface area contributed by atoms with Gasteiger partial charge in [0.05, 0.1) is 16.8 Å². The third kappa shape index (κ3) is 5.35. The third-order valence-corrected chi connectivity index (χ3v) is 8.18. The normalized spacial score (nSPS) is 19.4. The van der Waals surface area contributed by atoms with Gasteiger partial charge in [-0.15, -0.1) is 10.2 Å². The molecule has 0 radical (unpaired) electrons. The number of sulfone groups is 1. The van der Waals surface area contributed by atoms with Crippen molar-refractivity contribution in [3.05, 3.63) is 41.7 Å². The van der Waals surface area contributed by atoms with E-state index in [2.05, 4.69) is 15.5 Å². The molecule has 1 aromatic carbocycles. The minimum absolute atomic E-state index is 0.0252. The predicted octanol–water partition coefficient (Wildman–Crippen LogP) is 1.98. The molecule has 1 aliphatic rings. The summed E-state index contributed by atoms with van der Waals surface area (Å²) in [5.74, 6) is 1.33. The van der Waals surface area contributed by atoms with Crippen LogP contribution in [0.1, 0.15) is 31.2 Å². The fourth-order valence-electron chi connectivity index (χ4n) is 3.26. The van der Waals surface area contributed by atoms with Crippen LogP contribution in [-0.4, -0.2) is 45.8 Å². The summed E-state index contributed by atoms with van der Waals surface area (Å²) in [6.07, 6.45) is 1.95. The van der Waals surface area contributed by atoms with E-state index in [1.54, 1.807) is 0 Å². The van der Waals surface area contributed by atoms with Crippen molar-refractivity contribution >= 4 is 27.5 Å². The number of hydrogen-bond acceptors (Lipinski definition) is 6. The molecule has 0 aliphatic carbocycles. The van der Waals surface area contributed by atoms with Crippen LogP contribution in [-0.2, 0) is 34.6 Å². The number of aromatic nitrogens is 3. The summed E-state index contributed by atoms with van der Waals surface area (Å²) in [5.41, 5.74) is 1.06. The van der Waals surface area contributed by atoms with Gasteiger partial charge in [0.2, 0.25) is 5.91 Å². The monoisotopic (exact) mass is 422 g/mol. The molecule has 0 bridgehead atoms. The summed E-state index contributed by atoms with van der Waals surface area (Å²) in [6, 6.07) is 9.80. The van der Waals surface area contributed by atoms with E-state index in [1.807, 2.05) is 48.9 Å². The highest BCUT2D eigenvalue weighted by molar-refractivity contribution is 8.00. The van der Waals surface area contributed by atoms with Crippen LogP contribution in [0.4, 0.5) is 0 Å². The second-order valence-electron chi connectivity index (χ2n) is 7.15. The molecular weight excluding hydrogens is 396 g/mol. The van der Waals surface area contributed by atoms with E-state index < -0.39 is 9.84 Å². The molecule has 1 N–H and O–H groups in total. The van der Waals surface area contributed by atoms with Crippen molar-refractivity contribution in [2.24, 2.45) is 13.0 Å². The Morgan fingerprint density at radius 1 is 1.32 bits per heavy atom. The fourth-order valence-corrected chi connectivity index (χ4v) is 6.09. The molecule has 28 heavy (non-hydrogen) atoms. The maximum Gasteiger partial charge on any atom is 0.233 e. The lowest BCUT2D eigenvalue weighted by molar-refractivity contribution is -0.120. The van der Waals surface area contributed by atoms with Crippen molar-refractivity contribution in [3.63, 3.8) is 0 Å². The lowest BCUT2D eigenvalue weighted by Crippen LogP contribution is -2.32. The number of nitrogens with one attached hydrogen (secondary N) is 1. The quantitative estimate of drug-likeness (QED) is 0.654. The lowest BCUT2D eigenvalue weighted by atomic mass is 10.1. The minimum atomic E-state index is -2.90. The van der Waals surface area contributed by atoms with E-state index in [1.165, 1.54) is 11.8 Å². The van der Waals surface area contributed by atoms with Gasteiger partial charge < -0.3 is 9.88 Å². The number of carbonyl (C=O) groups excluding carboxylic acids is 1. The topological polar surface area (TPSA) is 93.9 Å². The maximum atomic E-state index is 12.6. The molecule has 2 unspecified atom stereocenters. The van der Waals surface area contributed by atoms with Gasteiger partial charge in [-0.25, -0.2) is 8.42 Å². The molecule has 0 saturated carbocycles. The molecule has 1 aromatic heterocycles. The summed E-state index contributed by atoms with van der Waals surface area (Å²) in [7, 11) is -1.03. The Kier molecular flexibility index (Phi) is 6.77. The maximum absolute atomic E-state index is 12.6. The van der Waals surface area contributed by atoms with Crippen LogP contribution in [0.5, 0.6) is 0 Å². The summed E-state index contributed by atoms with van der Waals surface area (Å²) in [4.78, 5) is 12.6. The first kappa shape index (κ1) is 20.9. The van der Waals surface area contributed by atoms with Gasteiger partial charge in [0, 0.05) is 20.0 Å². The molecule has 2 atom stereocenters. The second kappa shape index (κ2) is 9.09. The summed E-state index contributed by atoms with van der Waals surface area (Å²) < 4.78 is 25.2. The molecule has 1 amide bonds. The summed E-state index contributed by atoms with van der Waals surface area (Å²) >= 11 is 1.40.